The molecule has 0 amide bonds. The predicted molar refractivity (Wildman–Crippen MR) is 102 cm³/mol. The van der Waals surface area contributed by atoms with Gasteiger partial charge in [0, 0.05) is 12.0 Å². The van der Waals surface area contributed by atoms with Gasteiger partial charge in [0.05, 0.1) is 12.7 Å². The summed E-state index contributed by atoms with van der Waals surface area (Å²) in [6.07, 6.45) is -3.61. The number of Topliss-reactive ketones (excluding diaryl/α,β-unsaturated/α-hetero) is 1. The van der Waals surface area contributed by atoms with Crippen molar-refractivity contribution in [3.05, 3.63) is 70.8 Å². The van der Waals surface area contributed by atoms with E-state index >= 15 is 0 Å². The van der Waals surface area contributed by atoms with Gasteiger partial charge in [0.2, 0.25) is 0 Å². The zero-order valence-corrected chi connectivity index (χ0v) is 16.2. The van der Waals surface area contributed by atoms with Crippen LogP contribution in [-0.4, -0.2) is 29.9 Å². The lowest BCUT2D eigenvalue weighted by molar-refractivity contribution is -0.144. The number of carbonyl (C=O) groups is 3. The molecule has 1 N–H and O–H groups in total. The number of ketones is 1. The molecule has 0 spiro atoms. The number of esters is 1. The fraction of sp³-hybridized carbons (Fsp3) is 0.318. The molecule has 2 aromatic carbocycles. The minimum Gasteiger partial charge on any atom is -0.481 e. The summed E-state index contributed by atoms with van der Waals surface area (Å²) >= 11 is 0. The first-order valence-electron chi connectivity index (χ1n) is 9.20. The number of hydrogen-bond acceptors (Lipinski definition) is 4. The fourth-order valence-electron chi connectivity index (χ4n) is 2.96. The monoisotopic (exact) mass is 422 g/mol. The molecule has 0 aliphatic rings. The van der Waals surface area contributed by atoms with Crippen LogP contribution in [0.25, 0.3) is 0 Å². The van der Waals surface area contributed by atoms with Crippen LogP contribution < -0.4 is 0 Å². The van der Waals surface area contributed by atoms with E-state index in [9.17, 15) is 27.6 Å². The molecule has 2 rings (SSSR count). The first-order valence-corrected chi connectivity index (χ1v) is 9.20. The summed E-state index contributed by atoms with van der Waals surface area (Å²) < 4.78 is 42.8. The highest BCUT2D eigenvalue weighted by Gasteiger charge is 2.32. The number of methoxy groups -OCH3 is 1. The third-order valence-electron chi connectivity index (χ3n) is 4.67. The van der Waals surface area contributed by atoms with E-state index in [1.54, 1.807) is 24.3 Å². The van der Waals surface area contributed by atoms with Crippen molar-refractivity contribution in [2.24, 2.45) is 5.92 Å². The molecule has 0 aromatic heterocycles. The maximum absolute atomic E-state index is 12.7. The van der Waals surface area contributed by atoms with Crippen LogP contribution in [0.1, 0.15) is 39.9 Å². The number of aliphatic carboxylic acids is 1. The van der Waals surface area contributed by atoms with E-state index in [1.165, 1.54) is 0 Å². The van der Waals surface area contributed by atoms with E-state index in [0.29, 0.717) is 12.8 Å². The van der Waals surface area contributed by atoms with Crippen LogP contribution in [0.15, 0.2) is 48.5 Å². The largest absolute Gasteiger partial charge is 0.481 e. The second kappa shape index (κ2) is 10.0. The molecule has 1 unspecified atom stereocenters. The normalized spacial score (nSPS) is 12.3. The lowest BCUT2D eigenvalue weighted by Gasteiger charge is -2.14. The van der Waals surface area contributed by atoms with Crippen molar-refractivity contribution >= 4 is 17.7 Å². The zero-order valence-electron chi connectivity index (χ0n) is 16.2. The number of alkyl halides is 3. The predicted octanol–water partition coefficient (Wildman–Crippen LogP) is 4.33. The van der Waals surface area contributed by atoms with Gasteiger partial charge in [-0.3, -0.25) is 14.4 Å². The lowest BCUT2D eigenvalue weighted by atomic mass is 9.91. The molecule has 8 heteroatoms. The molecule has 0 saturated heterocycles. The summed E-state index contributed by atoms with van der Waals surface area (Å²) in [6.45, 7) is 0. The van der Waals surface area contributed by atoms with E-state index in [-0.39, 0.29) is 18.4 Å². The number of benzene rings is 2. The Hall–Kier alpha value is -3.16. The molecule has 5 nitrogen and oxygen atoms in total. The highest BCUT2D eigenvalue weighted by molar-refractivity contribution is 6.08. The summed E-state index contributed by atoms with van der Waals surface area (Å²) in [5.41, 5.74) is 0.814. The third kappa shape index (κ3) is 6.43. The average molecular weight is 422 g/mol. The van der Waals surface area contributed by atoms with Crippen molar-refractivity contribution in [3.63, 3.8) is 0 Å². The van der Waals surface area contributed by atoms with Crippen LogP contribution >= 0.6 is 0 Å². The molecule has 0 radical (unpaired) electrons. The van der Waals surface area contributed by atoms with E-state index in [2.05, 4.69) is 0 Å². The number of rotatable bonds is 9. The lowest BCUT2D eigenvalue weighted by Crippen LogP contribution is -2.26. The van der Waals surface area contributed by atoms with Crippen molar-refractivity contribution in [2.75, 3.05) is 7.11 Å². The Morgan fingerprint density at radius 2 is 1.47 bits per heavy atom. The maximum Gasteiger partial charge on any atom is 0.416 e. The maximum atomic E-state index is 12.7. The van der Waals surface area contributed by atoms with Crippen LogP contribution in [0.3, 0.4) is 0 Å². The van der Waals surface area contributed by atoms with E-state index < -0.39 is 35.4 Å². The highest BCUT2D eigenvalue weighted by atomic mass is 19.4. The van der Waals surface area contributed by atoms with Gasteiger partial charge in [-0.05, 0) is 42.5 Å². The van der Waals surface area contributed by atoms with E-state index in [1.807, 2.05) is 0 Å². The van der Waals surface area contributed by atoms with Crippen molar-refractivity contribution in [1.82, 2.24) is 0 Å². The van der Waals surface area contributed by atoms with Crippen LogP contribution in [0.4, 0.5) is 13.2 Å². The van der Waals surface area contributed by atoms with Gasteiger partial charge in [-0.25, -0.2) is 0 Å². The summed E-state index contributed by atoms with van der Waals surface area (Å²) in [5.74, 6) is -3.38. The number of aryl methyl sites for hydroxylation is 2. The van der Waals surface area contributed by atoms with E-state index in [0.717, 1.165) is 42.5 Å². The van der Waals surface area contributed by atoms with Gasteiger partial charge in [-0.1, -0.05) is 36.4 Å². The summed E-state index contributed by atoms with van der Waals surface area (Å²) in [4.78, 5) is 35.4. The molecule has 30 heavy (non-hydrogen) atoms. The number of carbonyl (C=O) groups excluding carboxylic acids is 2. The number of hydrogen-bond donors (Lipinski definition) is 1. The minimum atomic E-state index is -4.51. The second-order valence-corrected chi connectivity index (χ2v) is 6.76. The molecule has 0 saturated carbocycles. The molecule has 0 heterocycles. The molecule has 160 valence electrons. The van der Waals surface area contributed by atoms with Gasteiger partial charge >= 0.3 is 18.1 Å². The van der Waals surface area contributed by atoms with Crippen LogP contribution in [0.5, 0.6) is 0 Å². The molecular weight excluding hydrogens is 401 g/mol. The molecule has 0 fully saturated rings. The van der Waals surface area contributed by atoms with Crippen LogP contribution in [0.2, 0.25) is 0 Å². The Bertz CT molecular complexity index is 886. The molecule has 0 aliphatic heterocycles. The fourth-order valence-corrected chi connectivity index (χ4v) is 2.96. The van der Waals surface area contributed by atoms with Gasteiger partial charge in [-0.2, -0.15) is 13.2 Å². The number of carboxylic acid groups (broad SMARTS) is 1. The standard InChI is InChI=1S/C22H21F3O5/c1-30-21(29)18(20(28)16-8-10-17(11-9-16)22(23,24)25)12-6-14-2-4-15(5-3-14)7-13-19(26)27/h2-5,8-11,18H,6-7,12-13H2,1H3,(H,26,27). The number of halogens is 3. The van der Waals surface area contributed by atoms with Crippen molar-refractivity contribution in [2.45, 2.75) is 31.9 Å². The zero-order chi connectivity index (χ0) is 22.3. The Kier molecular flexibility index (Phi) is 7.74. The van der Waals surface area contributed by atoms with Crippen LogP contribution in [-0.2, 0) is 33.3 Å². The minimum absolute atomic E-state index is 0.00224. The van der Waals surface area contributed by atoms with Crippen LogP contribution in [0, 0.1) is 5.92 Å². The first kappa shape index (κ1) is 23.1. The SMILES string of the molecule is COC(=O)C(CCc1ccc(CCC(=O)O)cc1)C(=O)c1ccc(C(F)(F)F)cc1. The smallest absolute Gasteiger partial charge is 0.416 e. The van der Waals surface area contributed by atoms with Gasteiger partial charge < -0.3 is 9.84 Å². The summed E-state index contributed by atoms with van der Waals surface area (Å²) in [7, 11) is 1.15. The second-order valence-electron chi connectivity index (χ2n) is 6.76. The molecular formula is C22H21F3O5. The average Bonchev–Trinajstić information content (AvgIpc) is 2.72. The highest BCUT2D eigenvalue weighted by Crippen LogP contribution is 2.29. The quantitative estimate of drug-likeness (QED) is 0.370. The topological polar surface area (TPSA) is 80.7 Å². The molecule has 2 aromatic rings. The summed E-state index contributed by atoms with van der Waals surface area (Å²) in [6, 6.07) is 10.8. The number of ether oxygens (including phenoxy) is 1. The Balaban J connectivity index is 2.08. The number of carboxylic acids is 1. The summed E-state index contributed by atoms with van der Waals surface area (Å²) in [5, 5.41) is 8.72. The van der Waals surface area contributed by atoms with Crippen molar-refractivity contribution in [3.8, 4) is 0 Å². The van der Waals surface area contributed by atoms with Crippen molar-refractivity contribution in [1.29, 1.82) is 0 Å². The Labute approximate surface area is 171 Å². The molecule has 1 atom stereocenters. The molecule has 0 bridgehead atoms. The van der Waals surface area contributed by atoms with Gasteiger partial charge in [0.15, 0.2) is 5.78 Å². The van der Waals surface area contributed by atoms with Gasteiger partial charge in [0.1, 0.15) is 5.92 Å². The van der Waals surface area contributed by atoms with E-state index in [4.69, 9.17) is 9.84 Å². The van der Waals surface area contributed by atoms with Gasteiger partial charge in [-0.15, -0.1) is 0 Å². The molecule has 0 aliphatic carbocycles. The van der Waals surface area contributed by atoms with Crippen molar-refractivity contribution < 1.29 is 37.4 Å². The first-order chi connectivity index (χ1) is 14.1. The van der Waals surface area contributed by atoms with Gasteiger partial charge in [0.25, 0.3) is 0 Å². The third-order valence-corrected chi connectivity index (χ3v) is 4.67. The Morgan fingerprint density at radius 1 is 0.933 bits per heavy atom. The Morgan fingerprint density at radius 3 is 1.93 bits per heavy atom.